The van der Waals surface area contributed by atoms with Gasteiger partial charge in [0.1, 0.15) is 34.9 Å². The van der Waals surface area contributed by atoms with Crippen LogP contribution in [-0.4, -0.2) is 143 Å². The van der Waals surface area contributed by atoms with E-state index in [0.29, 0.717) is 72.4 Å². The van der Waals surface area contributed by atoms with E-state index in [1.807, 2.05) is 4.90 Å². The summed E-state index contributed by atoms with van der Waals surface area (Å²) in [6, 6.07) is 10.2. The molecule has 0 radical (unpaired) electrons. The Morgan fingerprint density at radius 2 is 1.78 bits per heavy atom. The molecule has 5 aliphatic heterocycles. The first-order valence-electron chi connectivity index (χ1n) is 25.6. The Labute approximate surface area is 420 Å². The average molecular weight is 1000 g/mol. The zero-order chi connectivity index (χ0) is 50.8. The fourth-order valence-corrected chi connectivity index (χ4v) is 12.3. The van der Waals surface area contributed by atoms with Crippen molar-refractivity contribution in [3.05, 3.63) is 82.5 Å². The Morgan fingerprint density at radius 1 is 1.01 bits per heavy atom. The molecule has 3 N–H and O–H groups in total. The van der Waals surface area contributed by atoms with E-state index >= 15 is 17.6 Å². The molecule has 2 bridgehead atoms. The number of anilines is 1. The number of hydrogen-bond acceptors (Lipinski definition) is 12. The van der Waals surface area contributed by atoms with Crippen LogP contribution < -0.4 is 20.3 Å². The second kappa shape index (κ2) is 19.5. The molecule has 3 aromatic carbocycles. The lowest BCUT2D eigenvalue weighted by molar-refractivity contribution is -0.121. The number of aldehydes is 1. The molecule has 5 fully saturated rings. The van der Waals surface area contributed by atoms with E-state index in [4.69, 9.17) is 16.1 Å². The van der Waals surface area contributed by atoms with E-state index < -0.39 is 29.5 Å². The van der Waals surface area contributed by atoms with Crippen molar-refractivity contribution >= 4 is 45.6 Å². The van der Waals surface area contributed by atoms with Gasteiger partial charge >= 0.3 is 6.01 Å². The van der Waals surface area contributed by atoms with E-state index in [2.05, 4.69) is 36.3 Å². The second-order valence-corrected chi connectivity index (χ2v) is 21.3. The van der Waals surface area contributed by atoms with Gasteiger partial charge in [-0.05, 0) is 118 Å². The number of terminal acetylenes is 1. The number of aromatic hydroxyl groups is 1. The number of hydrogen-bond donors (Lipinski definition) is 3. The SMILES string of the molecule is C#Cc1c(F)ccc2cc(O)cc(-c3ncc4c(N5CC6CCC(C5)N6)nc(OCC5(CN6CCC(CN7CCC(c8ccc9c(c8)CN(C(C=O)CCC(=O)NC)C9=O)C(F)(F)C7)CC6)CC5)nc4c3F)c12. The lowest BCUT2D eigenvalue weighted by Crippen LogP contribution is -2.51. The number of carbonyl (C=O) groups is 3. The van der Waals surface area contributed by atoms with Gasteiger partial charge in [-0.15, -0.1) is 6.42 Å². The number of phenolic OH excluding ortho intramolecular Hbond substituents is 1. The summed E-state index contributed by atoms with van der Waals surface area (Å²) in [6.45, 7) is 5.04. The van der Waals surface area contributed by atoms with Crippen LogP contribution in [0, 0.1) is 35.3 Å². The Kier molecular flexibility index (Phi) is 13.0. The van der Waals surface area contributed by atoms with Gasteiger partial charge in [-0.1, -0.05) is 24.1 Å². The van der Waals surface area contributed by atoms with E-state index in [-0.39, 0.29) is 107 Å². The number of piperazine rings is 1. The summed E-state index contributed by atoms with van der Waals surface area (Å²) in [5, 5.41) is 17.9. The van der Waals surface area contributed by atoms with Gasteiger partial charge in [0.25, 0.3) is 11.8 Å². The number of aromatic nitrogens is 3. The van der Waals surface area contributed by atoms with Crippen molar-refractivity contribution in [2.75, 3.05) is 70.9 Å². The fourth-order valence-electron chi connectivity index (χ4n) is 12.3. The molecule has 14 nitrogen and oxygen atoms in total. The molecule has 7 heterocycles. The Morgan fingerprint density at radius 3 is 2.49 bits per heavy atom. The molecule has 6 aliphatic rings. The van der Waals surface area contributed by atoms with Crippen molar-refractivity contribution in [1.82, 2.24) is 40.3 Å². The summed E-state index contributed by atoms with van der Waals surface area (Å²) in [4.78, 5) is 59.0. The van der Waals surface area contributed by atoms with Gasteiger partial charge in [-0.25, -0.2) is 17.6 Å². The van der Waals surface area contributed by atoms with E-state index in [1.165, 1.54) is 42.4 Å². The van der Waals surface area contributed by atoms with Gasteiger partial charge < -0.3 is 40.0 Å². The van der Waals surface area contributed by atoms with Gasteiger partial charge in [0.05, 0.1) is 36.1 Å². The van der Waals surface area contributed by atoms with Gasteiger partial charge in [-0.3, -0.25) is 19.5 Å². The predicted molar refractivity (Wildman–Crippen MR) is 266 cm³/mol. The van der Waals surface area contributed by atoms with E-state index in [1.54, 1.807) is 18.2 Å². The number of phenols is 1. The number of pyridine rings is 1. The number of alkyl halides is 2. The minimum Gasteiger partial charge on any atom is -0.508 e. The van der Waals surface area contributed by atoms with Crippen molar-refractivity contribution in [3.8, 4) is 35.4 Å². The average Bonchev–Trinajstić information content (AvgIpc) is 3.96. The van der Waals surface area contributed by atoms with Crippen LogP contribution in [0.2, 0.25) is 0 Å². The summed E-state index contributed by atoms with van der Waals surface area (Å²) in [6.07, 6.45) is 14.2. The first-order chi connectivity index (χ1) is 35.2. The number of carbonyl (C=O) groups excluding carboxylic acids is 3. The maximum Gasteiger partial charge on any atom is 0.319 e. The Bertz CT molecular complexity index is 3040. The highest BCUT2D eigenvalue weighted by Gasteiger charge is 2.48. The summed E-state index contributed by atoms with van der Waals surface area (Å²) in [7, 11) is 1.51. The zero-order valence-corrected chi connectivity index (χ0v) is 40.8. The maximum atomic E-state index is 17.1. The topological polar surface area (TPSA) is 156 Å². The normalized spacial score (nSPS) is 23.1. The minimum atomic E-state index is -2.98. The largest absolute Gasteiger partial charge is 0.508 e. The lowest BCUT2D eigenvalue weighted by Gasteiger charge is -2.41. The van der Waals surface area contributed by atoms with Gasteiger partial charge in [0.2, 0.25) is 5.91 Å². The third kappa shape index (κ3) is 9.55. The van der Waals surface area contributed by atoms with Gasteiger partial charge in [0.15, 0.2) is 5.82 Å². The predicted octanol–water partition coefficient (Wildman–Crippen LogP) is 6.80. The molecule has 5 aromatic rings. The van der Waals surface area contributed by atoms with Crippen LogP contribution in [0.1, 0.15) is 90.8 Å². The Balaban J connectivity index is 0.731. The summed E-state index contributed by atoms with van der Waals surface area (Å²) in [5.74, 6) is -2.93. The van der Waals surface area contributed by atoms with Crippen LogP contribution in [0.4, 0.5) is 23.4 Å². The molecular weight excluding hydrogens is 943 g/mol. The van der Waals surface area contributed by atoms with Crippen LogP contribution in [0.3, 0.4) is 0 Å². The first-order valence-corrected chi connectivity index (χ1v) is 25.6. The number of amides is 2. The van der Waals surface area contributed by atoms with Crippen molar-refractivity contribution in [3.63, 3.8) is 0 Å². The third-order valence-corrected chi connectivity index (χ3v) is 16.4. The highest BCUT2D eigenvalue weighted by atomic mass is 19.3. The van der Waals surface area contributed by atoms with Crippen molar-refractivity contribution in [2.45, 2.75) is 94.3 Å². The molecule has 73 heavy (non-hydrogen) atoms. The highest BCUT2D eigenvalue weighted by molar-refractivity contribution is 6.03. The summed E-state index contributed by atoms with van der Waals surface area (Å²) >= 11 is 0. The van der Waals surface area contributed by atoms with Crippen LogP contribution in [0.25, 0.3) is 32.9 Å². The number of halogens is 4. The molecular formula is C55H59F4N9O5. The molecule has 4 atom stereocenters. The Hall–Kier alpha value is -6.42. The molecule has 11 rings (SSSR count). The molecule has 18 heteroatoms. The van der Waals surface area contributed by atoms with Crippen LogP contribution in [-0.2, 0) is 16.1 Å². The van der Waals surface area contributed by atoms with Crippen LogP contribution in [0.15, 0.2) is 48.7 Å². The fraction of sp³-hybridized carbons (Fsp3) is 0.491. The van der Waals surface area contributed by atoms with Crippen molar-refractivity contribution in [2.24, 2.45) is 11.3 Å². The minimum absolute atomic E-state index is 0.00462. The number of piperidine rings is 2. The molecule has 1 saturated carbocycles. The molecule has 1 aliphatic carbocycles. The third-order valence-electron chi connectivity index (χ3n) is 16.4. The number of ether oxygens (including phenoxy) is 1. The van der Waals surface area contributed by atoms with E-state index in [0.717, 1.165) is 58.2 Å². The standard InChI is InChI=1S/C55H59F4N9O5/c1-3-40-45(56)10-5-34-21-39(70)22-42(47(34)40)49-48(57)50-43(23-61-49)51(67-26-36-6-7-37(27-67)62-36)64-53(63-50)73-31-54(15-16-54)29-65-17-12-32(13-18-65)24-66-19-14-44(55(58,59)30-66)33-4-9-41-35(20-33)25-68(52(41)72)38(28-69)8-11-46(71)60-2/h1,4-5,9-10,20-23,28,32,36-38,44,62,70H,6-8,11-19,24-27,29-31H2,2H3,(H,60,71). The first kappa shape index (κ1) is 48.8. The van der Waals surface area contributed by atoms with Gasteiger partial charge in [0, 0.05) is 86.4 Å². The second-order valence-electron chi connectivity index (χ2n) is 21.3. The lowest BCUT2D eigenvalue weighted by atomic mass is 9.84. The van der Waals surface area contributed by atoms with Crippen molar-refractivity contribution in [1.29, 1.82) is 0 Å². The highest BCUT2D eigenvalue weighted by Crippen LogP contribution is 2.48. The number of nitrogens with zero attached hydrogens (tertiary/aromatic N) is 7. The number of rotatable bonds is 15. The zero-order valence-electron chi connectivity index (χ0n) is 40.8. The molecule has 2 amide bonds. The molecule has 4 unspecified atom stereocenters. The molecule has 382 valence electrons. The maximum absolute atomic E-state index is 17.1. The molecule has 4 saturated heterocycles. The molecule has 2 aromatic heterocycles. The quantitative estimate of drug-likeness (QED) is 0.0574. The number of nitrogens with one attached hydrogen (secondary N) is 2. The van der Waals surface area contributed by atoms with Crippen LogP contribution in [0.5, 0.6) is 11.8 Å². The van der Waals surface area contributed by atoms with Gasteiger partial charge in [-0.2, -0.15) is 9.97 Å². The number of fused-ring (bicyclic) bond motifs is 5. The number of benzene rings is 3. The summed E-state index contributed by atoms with van der Waals surface area (Å²) < 4.78 is 70.8. The molecule has 0 spiro atoms. The number of likely N-dealkylation sites (tertiary alicyclic amines) is 2. The van der Waals surface area contributed by atoms with Crippen molar-refractivity contribution < 1.29 is 41.8 Å². The smallest absolute Gasteiger partial charge is 0.319 e. The summed E-state index contributed by atoms with van der Waals surface area (Å²) in [5.41, 5.74) is 1.30. The monoisotopic (exact) mass is 1000 g/mol. The van der Waals surface area contributed by atoms with E-state index in [9.17, 15) is 19.5 Å². The van der Waals surface area contributed by atoms with Crippen LogP contribution >= 0.6 is 0 Å².